The van der Waals surface area contributed by atoms with Gasteiger partial charge in [-0.1, -0.05) is 6.92 Å². The summed E-state index contributed by atoms with van der Waals surface area (Å²) in [5.41, 5.74) is 0. The Bertz CT molecular complexity index is 196. The van der Waals surface area contributed by atoms with Gasteiger partial charge in [0.15, 0.2) is 0 Å². The Hall–Kier alpha value is -0.590. The smallest absolute Gasteiger partial charge is 0.0638 e. The van der Waals surface area contributed by atoms with Crippen LogP contribution in [0.1, 0.15) is 32.6 Å². The number of nitrogens with zero attached hydrogens (tertiary/aromatic N) is 1. The Morgan fingerprint density at radius 2 is 2.29 bits per heavy atom. The highest BCUT2D eigenvalue weighted by Gasteiger charge is 2.31. The molecule has 3 heteroatoms. The lowest BCUT2D eigenvalue weighted by Crippen LogP contribution is -2.42. The van der Waals surface area contributed by atoms with Gasteiger partial charge in [0.25, 0.3) is 0 Å². The fourth-order valence-corrected chi connectivity index (χ4v) is 1.73. The maximum atomic E-state index is 8.64. The van der Waals surface area contributed by atoms with Crippen LogP contribution >= 0.6 is 0 Å². The van der Waals surface area contributed by atoms with E-state index in [1.807, 2.05) is 0 Å². The number of nitrogens with one attached hydrogen (secondary N) is 1. The summed E-state index contributed by atoms with van der Waals surface area (Å²) in [7, 11) is 1.74. The molecule has 2 unspecified atom stereocenters. The van der Waals surface area contributed by atoms with E-state index < -0.39 is 0 Å². The number of hydrogen-bond acceptors (Lipinski definition) is 3. The average molecular weight is 196 g/mol. The molecule has 2 atom stereocenters. The van der Waals surface area contributed by atoms with Gasteiger partial charge < -0.3 is 10.1 Å². The van der Waals surface area contributed by atoms with Crippen LogP contribution in [-0.4, -0.2) is 25.8 Å². The minimum Gasteiger partial charge on any atom is -0.383 e. The highest BCUT2D eigenvalue weighted by Crippen LogP contribution is 2.33. The van der Waals surface area contributed by atoms with Crippen LogP contribution in [0, 0.1) is 17.2 Å². The zero-order valence-electron chi connectivity index (χ0n) is 9.12. The van der Waals surface area contributed by atoms with Crippen molar-refractivity contribution in [3.05, 3.63) is 0 Å². The fourth-order valence-electron chi connectivity index (χ4n) is 1.73. The summed E-state index contributed by atoms with van der Waals surface area (Å²) in [5.74, 6) is 0.780. The predicted molar refractivity (Wildman–Crippen MR) is 55.8 cm³/mol. The first-order chi connectivity index (χ1) is 6.81. The van der Waals surface area contributed by atoms with Gasteiger partial charge in [0.05, 0.1) is 19.1 Å². The molecule has 0 bridgehead atoms. The minimum absolute atomic E-state index is 0.334. The topological polar surface area (TPSA) is 45.0 Å². The van der Waals surface area contributed by atoms with Crippen LogP contribution in [0.3, 0.4) is 0 Å². The molecule has 0 aliphatic heterocycles. The molecule has 14 heavy (non-hydrogen) atoms. The van der Waals surface area contributed by atoms with Crippen LogP contribution in [0.5, 0.6) is 0 Å². The Balaban J connectivity index is 2.32. The summed E-state index contributed by atoms with van der Waals surface area (Å²) >= 11 is 0. The van der Waals surface area contributed by atoms with Crippen LogP contribution in [-0.2, 0) is 4.74 Å². The van der Waals surface area contributed by atoms with Crippen molar-refractivity contribution >= 4 is 0 Å². The summed E-state index contributed by atoms with van der Waals surface area (Å²) in [6, 6.07) is 3.01. The number of ether oxygens (including phenoxy) is 1. The molecule has 1 aliphatic rings. The molecule has 0 spiro atoms. The molecular weight excluding hydrogens is 176 g/mol. The average Bonchev–Trinajstić information content (AvgIpc) is 2.99. The van der Waals surface area contributed by atoms with Crippen molar-refractivity contribution in [3.63, 3.8) is 0 Å². The zero-order chi connectivity index (χ0) is 10.4. The van der Waals surface area contributed by atoms with Crippen LogP contribution < -0.4 is 5.32 Å². The second-order valence-electron chi connectivity index (χ2n) is 4.03. The van der Waals surface area contributed by atoms with E-state index in [2.05, 4.69) is 18.3 Å². The highest BCUT2D eigenvalue weighted by molar-refractivity contribution is 4.90. The quantitative estimate of drug-likeness (QED) is 0.674. The van der Waals surface area contributed by atoms with Gasteiger partial charge in [-0.05, 0) is 25.2 Å². The standard InChI is InChI=1S/C11H20N2O/c1-3-10(6-7-12)13-11(8-14-2)9-4-5-9/h9-11,13H,3-6,8H2,1-2H3. The second kappa shape index (κ2) is 6.00. The first kappa shape index (κ1) is 11.5. The van der Waals surface area contributed by atoms with Crippen molar-refractivity contribution in [2.75, 3.05) is 13.7 Å². The molecule has 0 aromatic carbocycles. The van der Waals surface area contributed by atoms with Crippen molar-refractivity contribution in [1.29, 1.82) is 5.26 Å². The summed E-state index contributed by atoms with van der Waals surface area (Å²) in [6.45, 7) is 2.89. The van der Waals surface area contributed by atoms with E-state index in [0.717, 1.165) is 18.9 Å². The summed E-state index contributed by atoms with van der Waals surface area (Å²) in [6.07, 6.45) is 4.23. The Kier molecular flexibility index (Phi) is 4.92. The number of rotatable bonds is 7. The molecule has 0 aromatic heterocycles. The van der Waals surface area contributed by atoms with Crippen molar-refractivity contribution < 1.29 is 4.74 Å². The Morgan fingerprint density at radius 3 is 2.71 bits per heavy atom. The van der Waals surface area contributed by atoms with Gasteiger partial charge in [-0.15, -0.1) is 0 Å². The molecule has 0 amide bonds. The van der Waals surface area contributed by atoms with E-state index in [0.29, 0.717) is 18.5 Å². The van der Waals surface area contributed by atoms with Crippen molar-refractivity contribution in [1.82, 2.24) is 5.32 Å². The molecule has 1 saturated carbocycles. The lowest BCUT2D eigenvalue weighted by molar-refractivity contribution is 0.151. The SMILES string of the molecule is CCC(CC#N)NC(COC)C1CC1. The summed E-state index contributed by atoms with van der Waals surface area (Å²) in [4.78, 5) is 0. The molecule has 0 radical (unpaired) electrons. The summed E-state index contributed by atoms with van der Waals surface area (Å²) < 4.78 is 5.18. The zero-order valence-corrected chi connectivity index (χ0v) is 9.12. The molecule has 1 rings (SSSR count). The molecule has 0 heterocycles. The number of methoxy groups -OCH3 is 1. The number of hydrogen-bond donors (Lipinski definition) is 1. The predicted octanol–water partition coefficient (Wildman–Crippen LogP) is 1.69. The normalized spacial score (nSPS) is 20.1. The van der Waals surface area contributed by atoms with Gasteiger partial charge in [-0.25, -0.2) is 0 Å². The molecule has 1 fully saturated rings. The molecule has 3 nitrogen and oxygen atoms in total. The summed E-state index contributed by atoms with van der Waals surface area (Å²) in [5, 5.41) is 12.2. The van der Waals surface area contributed by atoms with Gasteiger partial charge in [0.1, 0.15) is 0 Å². The Labute approximate surface area is 86.4 Å². The second-order valence-corrected chi connectivity index (χ2v) is 4.03. The van der Waals surface area contributed by atoms with Crippen LogP contribution in [0.15, 0.2) is 0 Å². The molecule has 80 valence electrons. The molecule has 1 aliphatic carbocycles. The van der Waals surface area contributed by atoms with Crippen LogP contribution in [0.4, 0.5) is 0 Å². The molecule has 1 N–H and O–H groups in total. The van der Waals surface area contributed by atoms with E-state index >= 15 is 0 Å². The lowest BCUT2D eigenvalue weighted by Gasteiger charge is -2.22. The maximum Gasteiger partial charge on any atom is 0.0638 e. The lowest BCUT2D eigenvalue weighted by atomic mass is 10.1. The fraction of sp³-hybridized carbons (Fsp3) is 0.909. The van der Waals surface area contributed by atoms with Crippen molar-refractivity contribution in [2.45, 2.75) is 44.7 Å². The Morgan fingerprint density at radius 1 is 1.57 bits per heavy atom. The monoisotopic (exact) mass is 196 g/mol. The minimum atomic E-state index is 0.334. The van der Waals surface area contributed by atoms with Crippen molar-refractivity contribution in [2.24, 2.45) is 5.92 Å². The van der Waals surface area contributed by atoms with Gasteiger partial charge in [-0.3, -0.25) is 0 Å². The van der Waals surface area contributed by atoms with Gasteiger partial charge in [-0.2, -0.15) is 5.26 Å². The molecular formula is C11H20N2O. The van der Waals surface area contributed by atoms with E-state index in [4.69, 9.17) is 10.00 Å². The molecule has 0 saturated heterocycles. The van der Waals surface area contributed by atoms with Crippen LogP contribution in [0.25, 0.3) is 0 Å². The largest absolute Gasteiger partial charge is 0.383 e. The third-order valence-electron chi connectivity index (χ3n) is 2.82. The van der Waals surface area contributed by atoms with Gasteiger partial charge in [0, 0.05) is 19.2 Å². The van der Waals surface area contributed by atoms with Crippen molar-refractivity contribution in [3.8, 4) is 6.07 Å². The third-order valence-corrected chi connectivity index (χ3v) is 2.82. The molecule has 0 aromatic rings. The van der Waals surface area contributed by atoms with Gasteiger partial charge in [0.2, 0.25) is 0 Å². The van der Waals surface area contributed by atoms with E-state index in [1.54, 1.807) is 7.11 Å². The van der Waals surface area contributed by atoms with E-state index in [9.17, 15) is 0 Å². The maximum absolute atomic E-state index is 8.64. The first-order valence-electron chi connectivity index (χ1n) is 5.43. The highest BCUT2D eigenvalue weighted by atomic mass is 16.5. The van der Waals surface area contributed by atoms with E-state index in [1.165, 1.54) is 12.8 Å². The van der Waals surface area contributed by atoms with E-state index in [-0.39, 0.29) is 0 Å². The van der Waals surface area contributed by atoms with Crippen LogP contribution in [0.2, 0.25) is 0 Å². The third kappa shape index (κ3) is 3.65. The first-order valence-corrected chi connectivity index (χ1v) is 5.43. The van der Waals surface area contributed by atoms with Gasteiger partial charge >= 0.3 is 0 Å². The number of nitriles is 1.